The molecule has 3 unspecified atom stereocenters. The zero-order chi connectivity index (χ0) is 38.6. The highest BCUT2D eigenvalue weighted by Gasteiger charge is 2.35. The summed E-state index contributed by atoms with van der Waals surface area (Å²) in [5.41, 5.74) is 7.87. The lowest BCUT2D eigenvalue weighted by Gasteiger charge is -2.37. The minimum Gasteiger partial charge on any atom is -0.489 e. The van der Waals surface area contributed by atoms with Gasteiger partial charge in [-0.15, -0.1) is 0 Å². The molecule has 1 amide bonds. The molecule has 11 heteroatoms. The topological polar surface area (TPSA) is 110 Å². The van der Waals surface area contributed by atoms with Gasteiger partial charge in [0.25, 0.3) is 0 Å². The molecule has 2 aliphatic rings. The first-order valence-corrected chi connectivity index (χ1v) is 19.2. The van der Waals surface area contributed by atoms with E-state index in [1.54, 1.807) is 24.6 Å². The Bertz CT molecular complexity index is 2360. The van der Waals surface area contributed by atoms with Crippen LogP contribution >= 0.6 is 23.2 Å². The summed E-state index contributed by atoms with van der Waals surface area (Å²) in [5.74, 6) is 2.55. The van der Waals surface area contributed by atoms with E-state index in [2.05, 4.69) is 45.5 Å². The van der Waals surface area contributed by atoms with Crippen LogP contribution in [0.5, 0.6) is 17.2 Å². The van der Waals surface area contributed by atoms with E-state index < -0.39 is 6.04 Å². The van der Waals surface area contributed by atoms with E-state index in [-0.39, 0.29) is 18.1 Å². The number of fused-ring (bicyclic) bond motifs is 2. The van der Waals surface area contributed by atoms with Crippen LogP contribution in [0.4, 0.5) is 0 Å². The molecular weight excluding hydrogens is 747 g/mol. The number of amides is 1. The lowest BCUT2D eigenvalue weighted by Crippen LogP contribution is -2.52. The highest BCUT2D eigenvalue weighted by molar-refractivity contribution is 6.42. The maximum absolute atomic E-state index is 14.0. The number of nitrogens with zero attached hydrogens (tertiary/aromatic N) is 3. The fraction of sp³-hybridized carbons (Fsp3) is 0.222. The van der Waals surface area contributed by atoms with Gasteiger partial charge in [0, 0.05) is 12.6 Å². The molecule has 8 rings (SSSR count). The highest BCUT2D eigenvalue weighted by Crippen LogP contribution is 2.41. The predicted octanol–water partition coefficient (Wildman–Crippen LogP) is 9.29. The summed E-state index contributed by atoms with van der Waals surface area (Å²) in [6.07, 6.45) is 4.04. The second-order valence-corrected chi connectivity index (χ2v) is 15.0. The van der Waals surface area contributed by atoms with Gasteiger partial charge in [0.05, 0.1) is 40.5 Å². The Morgan fingerprint density at radius 1 is 0.929 bits per heavy atom. The van der Waals surface area contributed by atoms with Gasteiger partial charge >= 0.3 is 0 Å². The van der Waals surface area contributed by atoms with E-state index in [0.29, 0.717) is 72.1 Å². The van der Waals surface area contributed by atoms with Crippen LogP contribution in [0.1, 0.15) is 52.3 Å². The maximum Gasteiger partial charge on any atom is 0.237 e. The van der Waals surface area contributed by atoms with Gasteiger partial charge in [-0.25, -0.2) is 4.98 Å². The number of hydrogen-bond acceptors (Lipinski definition) is 8. The van der Waals surface area contributed by atoms with Crippen LogP contribution in [0, 0.1) is 11.3 Å². The van der Waals surface area contributed by atoms with Crippen molar-refractivity contribution in [2.45, 2.75) is 57.6 Å². The number of carbonyl (C=O) groups is 1. The van der Waals surface area contributed by atoms with E-state index in [9.17, 15) is 4.79 Å². The first-order valence-electron chi connectivity index (χ1n) is 18.4. The van der Waals surface area contributed by atoms with Gasteiger partial charge in [-0.3, -0.25) is 9.69 Å². The number of nitriles is 1. The number of carbonyl (C=O) groups excluding carboxylic acids is 1. The van der Waals surface area contributed by atoms with Gasteiger partial charge in [0.2, 0.25) is 11.8 Å². The van der Waals surface area contributed by atoms with Gasteiger partial charge in [-0.1, -0.05) is 77.8 Å². The third kappa shape index (κ3) is 8.53. The summed E-state index contributed by atoms with van der Waals surface area (Å²) in [4.78, 5) is 20.4. The largest absolute Gasteiger partial charge is 0.489 e. The number of hydrogen-bond donors (Lipinski definition) is 1. The molecule has 0 saturated carbocycles. The molecule has 0 spiro atoms. The van der Waals surface area contributed by atoms with Crippen molar-refractivity contribution in [1.29, 1.82) is 5.26 Å². The minimum atomic E-state index is -0.441. The van der Waals surface area contributed by atoms with Crippen molar-refractivity contribution in [2.24, 2.45) is 0 Å². The van der Waals surface area contributed by atoms with Crippen LogP contribution in [0.2, 0.25) is 10.0 Å². The van der Waals surface area contributed by atoms with Crippen LogP contribution in [-0.2, 0) is 37.3 Å². The summed E-state index contributed by atoms with van der Waals surface area (Å²) in [6.45, 7) is 3.63. The number of oxazole rings is 1. The van der Waals surface area contributed by atoms with Crippen LogP contribution < -0.4 is 19.5 Å². The van der Waals surface area contributed by atoms with Gasteiger partial charge in [0.1, 0.15) is 25.2 Å². The molecular formula is C45H38Cl2N4O5. The van der Waals surface area contributed by atoms with Gasteiger partial charge in [-0.05, 0) is 107 Å². The van der Waals surface area contributed by atoms with Crippen molar-refractivity contribution < 1.29 is 23.4 Å². The normalized spacial score (nSPS) is 16.7. The quantitative estimate of drug-likeness (QED) is 0.139. The molecule has 9 nitrogen and oxygen atoms in total. The Labute approximate surface area is 335 Å². The van der Waals surface area contributed by atoms with Crippen molar-refractivity contribution in [2.75, 3.05) is 6.61 Å². The maximum atomic E-state index is 14.0. The molecule has 282 valence electrons. The fourth-order valence-electron chi connectivity index (χ4n) is 7.19. The Morgan fingerprint density at radius 2 is 1.66 bits per heavy atom. The number of rotatable bonds is 11. The SMILES string of the molecule is CC(Cc1ccc(-c2ccc(C#N)cc2)cc1)NC(=O)C1Cc2cc3c(cc2CN1Cc1ncco1)OC(c1ccc(OCc2ccc(Cl)c(Cl)c2)cc1)CO3. The number of halogens is 2. The van der Waals surface area contributed by atoms with Crippen molar-refractivity contribution in [3.05, 3.63) is 165 Å². The average molecular weight is 786 g/mol. The van der Waals surface area contributed by atoms with Crippen molar-refractivity contribution in [3.8, 4) is 34.4 Å². The summed E-state index contributed by atoms with van der Waals surface area (Å²) < 4.78 is 24.4. The number of nitrogens with one attached hydrogen (secondary N) is 1. The third-order valence-corrected chi connectivity index (χ3v) is 10.9. The molecule has 2 aliphatic heterocycles. The zero-order valence-corrected chi connectivity index (χ0v) is 32.1. The van der Waals surface area contributed by atoms with Crippen LogP contribution in [0.25, 0.3) is 11.1 Å². The smallest absolute Gasteiger partial charge is 0.237 e. The second kappa shape index (κ2) is 16.5. The lowest BCUT2D eigenvalue weighted by atomic mass is 9.92. The Morgan fingerprint density at radius 3 is 2.38 bits per heavy atom. The molecule has 0 bridgehead atoms. The highest BCUT2D eigenvalue weighted by atomic mass is 35.5. The van der Waals surface area contributed by atoms with E-state index in [0.717, 1.165) is 44.7 Å². The Balaban J connectivity index is 0.920. The summed E-state index contributed by atoms with van der Waals surface area (Å²) in [5, 5.41) is 13.4. The Kier molecular flexibility index (Phi) is 11.0. The number of aromatic nitrogens is 1. The van der Waals surface area contributed by atoms with Gasteiger partial charge in [-0.2, -0.15) is 5.26 Å². The molecule has 0 fully saturated rings. The first kappa shape index (κ1) is 37.1. The standard InChI is InChI=1S/C45H38Cl2N4O5/c1-28(18-29-2-7-32(8-3-29)33-9-4-30(23-48)5-10-33)50-45(52)40-20-35-21-41-42(22-36(35)24-51(40)25-44-49-16-17-53-44)56-43(27-55-41)34-11-13-37(14-12-34)54-26-31-6-15-38(46)39(47)19-31/h2-17,19,21-22,28,40,43H,18,20,24-27H2,1H3,(H,50,52). The van der Waals surface area contributed by atoms with Crippen LogP contribution in [0.3, 0.4) is 0 Å². The number of benzene rings is 5. The lowest BCUT2D eigenvalue weighted by molar-refractivity contribution is -0.128. The van der Waals surface area contributed by atoms with Crippen molar-refractivity contribution in [3.63, 3.8) is 0 Å². The second-order valence-electron chi connectivity index (χ2n) is 14.1. The fourth-order valence-corrected chi connectivity index (χ4v) is 7.51. The van der Waals surface area contributed by atoms with E-state index in [4.69, 9.17) is 47.1 Å². The molecule has 0 aliphatic carbocycles. The predicted molar refractivity (Wildman–Crippen MR) is 214 cm³/mol. The molecule has 6 aromatic rings. The molecule has 3 atom stereocenters. The van der Waals surface area contributed by atoms with E-state index in [1.807, 2.05) is 73.7 Å². The summed E-state index contributed by atoms with van der Waals surface area (Å²) in [6, 6.07) is 34.8. The van der Waals surface area contributed by atoms with E-state index in [1.165, 1.54) is 0 Å². The molecule has 3 heterocycles. The molecule has 56 heavy (non-hydrogen) atoms. The van der Waals surface area contributed by atoms with Crippen molar-refractivity contribution >= 4 is 29.1 Å². The van der Waals surface area contributed by atoms with Crippen LogP contribution in [-0.4, -0.2) is 34.5 Å². The molecule has 1 aromatic heterocycles. The van der Waals surface area contributed by atoms with Crippen molar-refractivity contribution in [1.82, 2.24) is 15.2 Å². The van der Waals surface area contributed by atoms with Gasteiger partial charge < -0.3 is 23.9 Å². The number of ether oxygens (including phenoxy) is 3. The third-order valence-electron chi connectivity index (χ3n) is 10.2. The minimum absolute atomic E-state index is 0.0525. The molecule has 0 radical (unpaired) electrons. The summed E-state index contributed by atoms with van der Waals surface area (Å²) in [7, 11) is 0. The van der Waals surface area contributed by atoms with Crippen LogP contribution in [0.15, 0.2) is 120 Å². The molecule has 0 saturated heterocycles. The van der Waals surface area contributed by atoms with Gasteiger partial charge in [0.15, 0.2) is 17.6 Å². The van der Waals surface area contributed by atoms with E-state index >= 15 is 0 Å². The summed E-state index contributed by atoms with van der Waals surface area (Å²) >= 11 is 12.2. The first-order chi connectivity index (χ1) is 27.3. The zero-order valence-electron chi connectivity index (χ0n) is 30.6. The monoisotopic (exact) mass is 784 g/mol. The molecule has 5 aromatic carbocycles. The molecule has 1 N–H and O–H groups in total. The Hall–Kier alpha value is -5.79. The average Bonchev–Trinajstić information content (AvgIpc) is 3.74.